The van der Waals surface area contributed by atoms with E-state index < -0.39 is 0 Å². The van der Waals surface area contributed by atoms with Crippen LogP contribution in [0.5, 0.6) is 0 Å². The highest BCUT2D eigenvalue weighted by Crippen LogP contribution is 2.32. The second kappa shape index (κ2) is 9.32. The molecule has 0 saturated heterocycles. The lowest BCUT2D eigenvalue weighted by atomic mass is 10.2. The van der Waals surface area contributed by atoms with Crippen molar-refractivity contribution in [2.75, 3.05) is 22.5 Å². The number of amides is 2. The number of hydrogen-bond donors (Lipinski definition) is 1. The van der Waals surface area contributed by atoms with E-state index in [2.05, 4.69) is 15.5 Å². The molecule has 3 aromatic carbocycles. The number of para-hydroxylation sites is 2. The Morgan fingerprint density at radius 1 is 1.06 bits per heavy atom. The van der Waals surface area contributed by atoms with Gasteiger partial charge in [0.1, 0.15) is 6.54 Å². The first-order valence-corrected chi connectivity index (χ1v) is 12.0. The van der Waals surface area contributed by atoms with Crippen molar-refractivity contribution in [2.45, 2.75) is 12.1 Å². The molecule has 2 heterocycles. The Bertz CT molecular complexity index is 1390. The number of hydrogen-bond acceptors (Lipinski definition) is 5. The average Bonchev–Trinajstić information content (AvgIpc) is 3.26. The molecule has 0 fully saturated rings. The zero-order valence-electron chi connectivity index (χ0n) is 18.2. The molecule has 9 heteroatoms. The van der Waals surface area contributed by atoms with Gasteiger partial charge in [0.05, 0.1) is 17.1 Å². The number of nitrogens with zero attached hydrogens (tertiary/aromatic N) is 4. The van der Waals surface area contributed by atoms with Crippen LogP contribution in [-0.4, -0.2) is 38.9 Å². The summed E-state index contributed by atoms with van der Waals surface area (Å²) in [7, 11) is 0. The van der Waals surface area contributed by atoms with Crippen molar-refractivity contribution in [3.63, 3.8) is 0 Å². The van der Waals surface area contributed by atoms with E-state index in [1.807, 2.05) is 66.1 Å². The van der Waals surface area contributed by atoms with Gasteiger partial charge in [-0.1, -0.05) is 47.6 Å². The molecule has 5 rings (SSSR count). The average molecular weight is 490 g/mol. The van der Waals surface area contributed by atoms with Crippen LogP contribution >= 0.6 is 23.4 Å². The van der Waals surface area contributed by atoms with Crippen LogP contribution in [0.4, 0.5) is 11.4 Å². The van der Waals surface area contributed by atoms with Gasteiger partial charge in [-0.2, -0.15) is 0 Å². The van der Waals surface area contributed by atoms with E-state index in [0.29, 0.717) is 27.4 Å². The zero-order valence-corrected chi connectivity index (χ0v) is 19.8. The van der Waals surface area contributed by atoms with Gasteiger partial charge in [0.15, 0.2) is 11.0 Å². The van der Waals surface area contributed by atoms with E-state index >= 15 is 0 Å². The highest BCUT2D eigenvalue weighted by molar-refractivity contribution is 7.99. The summed E-state index contributed by atoms with van der Waals surface area (Å²) < 4.78 is 1.94. The van der Waals surface area contributed by atoms with Crippen molar-refractivity contribution < 1.29 is 9.59 Å². The van der Waals surface area contributed by atoms with Crippen LogP contribution < -0.4 is 10.2 Å². The van der Waals surface area contributed by atoms with E-state index in [0.717, 1.165) is 16.8 Å². The minimum Gasteiger partial charge on any atom is -0.323 e. The van der Waals surface area contributed by atoms with Crippen molar-refractivity contribution in [3.8, 4) is 17.1 Å². The summed E-state index contributed by atoms with van der Waals surface area (Å²) in [6, 6.07) is 22.7. The summed E-state index contributed by atoms with van der Waals surface area (Å²) in [6.45, 7) is 2.00. The van der Waals surface area contributed by atoms with Gasteiger partial charge in [0.25, 0.3) is 0 Å². The van der Waals surface area contributed by atoms with Gasteiger partial charge < -0.3 is 10.2 Å². The second-order valence-corrected chi connectivity index (χ2v) is 9.20. The Hall–Kier alpha value is -3.62. The Balaban J connectivity index is 1.46. The molecule has 2 amide bonds. The molecule has 0 bridgehead atoms. The molecule has 0 aliphatic carbocycles. The van der Waals surface area contributed by atoms with Crippen LogP contribution in [0.2, 0.25) is 5.02 Å². The topological polar surface area (TPSA) is 80.1 Å². The van der Waals surface area contributed by atoms with E-state index in [4.69, 9.17) is 11.6 Å². The highest BCUT2D eigenvalue weighted by Gasteiger charge is 2.27. The van der Waals surface area contributed by atoms with E-state index in [-0.39, 0.29) is 24.1 Å². The number of nitrogens with one attached hydrogen (secondary N) is 1. The van der Waals surface area contributed by atoms with Crippen LogP contribution in [0.15, 0.2) is 78.0 Å². The third-order valence-electron chi connectivity index (χ3n) is 5.39. The molecular formula is C25H20ClN5O2S. The fourth-order valence-electron chi connectivity index (χ4n) is 3.81. The Morgan fingerprint density at radius 2 is 1.85 bits per heavy atom. The molecular weight excluding hydrogens is 470 g/mol. The first kappa shape index (κ1) is 22.2. The smallest absolute Gasteiger partial charge is 0.244 e. The molecule has 34 heavy (non-hydrogen) atoms. The SMILES string of the molecule is Cc1cccc(-n2c(SCC(=O)N3CC(=O)Nc4ccccc43)nnc2-c2ccc(Cl)cc2)c1. The summed E-state index contributed by atoms with van der Waals surface area (Å²) in [5.74, 6) is 0.357. The van der Waals surface area contributed by atoms with Crippen molar-refractivity contribution in [1.29, 1.82) is 0 Å². The van der Waals surface area contributed by atoms with Gasteiger partial charge in [-0.3, -0.25) is 14.2 Å². The number of aromatic nitrogens is 3. The maximum atomic E-state index is 13.1. The lowest BCUT2D eigenvalue weighted by Gasteiger charge is -2.29. The van der Waals surface area contributed by atoms with E-state index in [1.54, 1.807) is 18.2 Å². The van der Waals surface area contributed by atoms with E-state index in [9.17, 15) is 9.59 Å². The molecule has 170 valence electrons. The third-order valence-corrected chi connectivity index (χ3v) is 6.56. The summed E-state index contributed by atoms with van der Waals surface area (Å²) in [5.41, 5.74) is 4.17. The van der Waals surface area contributed by atoms with Crippen molar-refractivity contribution in [3.05, 3.63) is 83.4 Å². The van der Waals surface area contributed by atoms with Crippen molar-refractivity contribution in [2.24, 2.45) is 0 Å². The highest BCUT2D eigenvalue weighted by atomic mass is 35.5. The molecule has 0 saturated carbocycles. The fourth-order valence-corrected chi connectivity index (χ4v) is 4.76. The lowest BCUT2D eigenvalue weighted by Crippen LogP contribution is -2.43. The number of fused-ring (bicyclic) bond motifs is 1. The summed E-state index contributed by atoms with van der Waals surface area (Å²) in [5, 5.41) is 12.8. The normalized spacial score (nSPS) is 12.9. The molecule has 1 aliphatic rings. The zero-order chi connectivity index (χ0) is 23.7. The van der Waals surface area contributed by atoms with Gasteiger partial charge in [0.2, 0.25) is 11.8 Å². The molecule has 1 aromatic heterocycles. The first-order chi connectivity index (χ1) is 16.5. The van der Waals surface area contributed by atoms with Gasteiger partial charge in [0, 0.05) is 16.3 Å². The number of carbonyl (C=O) groups excluding carboxylic acids is 2. The van der Waals surface area contributed by atoms with Gasteiger partial charge in [-0.15, -0.1) is 10.2 Å². The minimum absolute atomic E-state index is 0.0169. The van der Waals surface area contributed by atoms with Crippen molar-refractivity contribution >= 4 is 46.6 Å². The molecule has 0 atom stereocenters. The summed E-state index contributed by atoms with van der Waals surface area (Å²) in [4.78, 5) is 26.8. The number of aryl methyl sites for hydroxylation is 1. The molecule has 1 aliphatic heterocycles. The Kier molecular flexibility index (Phi) is 6.08. The maximum Gasteiger partial charge on any atom is 0.244 e. The summed E-state index contributed by atoms with van der Waals surface area (Å²) >= 11 is 7.35. The van der Waals surface area contributed by atoms with Gasteiger partial charge in [-0.05, 0) is 61.0 Å². The number of carbonyl (C=O) groups is 2. The molecule has 0 radical (unpaired) electrons. The first-order valence-electron chi connectivity index (χ1n) is 10.6. The number of rotatable bonds is 5. The maximum absolute atomic E-state index is 13.1. The van der Waals surface area contributed by atoms with Crippen LogP contribution in [0.3, 0.4) is 0 Å². The minimum atomic E-state index is -0.218. The van der Waals surface area contributed by atoms with Crippen LogP contribution in [0.1, 0.15) is 5.56 Å². The van der Waals surface area contributed by atoms with Crippen molar-refractivity contribution in [1.82, 2.24) is 14.8 Å². The van der Waals surface area contributed by atoms with Gasteiger partial charge >= 0.3 is 0 Å². The number of anilines is 2. The van der Waals surface area contributed by atoms with E-state index in [1.165, 1.54) is 16.7 Å². The third kappa shape index (κ3) is 4.42. The molecule has 4 aromatic rings. The molecule has 0 unspecified atom stereocenters. The molecule has 0 spiro atoms. The van der Waals surface area contributed by atoms with Crippen LogP contribution in [0.25, 0.3) is 17.1 Å². The standard InChI is InChI=1S/C25H20ClN5O2S/c1-16-5-4-6-19(13-16)31-24(17-9-11-18(26)12-10-17)28-29-25(31)34-15-23(33)30-14-22(32)27-20-7-2-3-8-21(20)30/h2-13H,14-15H2,1H3,(H,27,32). The predicted molar refractivity (Wildman–Crippen MR) is 135 cm³/mol. The van der Waals surface area contributed by atoms with Gasteiger partial charge in [-0.25, -0.2) is 0 Å². The van der Waals surface area contributed by atoms with Crippen LogP contribution in [0, 0.1) is 6.92 Å². The number of benzene rings is 3. The molecule has 1 N–H and O–H groups in total. The lowest BCUT2D eigenvalue weighted by molar-refractivity contribution is -0.120. The quantitative estimate of drug-likeness (QED) is 0.400. The Labute approximate surface area is 205 Å². The Morgan fingerprint density at radius 3 is 2.65 bits per heavy atom. The molecule has 7 nitrogen and oxygen atoms in total. The van der Waals surface area contributed by atoms with Crippen LogP contribution in [-0.2, 0) is 9.59 Å². The number of halogens is 1. The fraction of sp³-hybridized carbons (Fsp3) is 0.120. The monoisotopic (exact) mass is 489 g/mol. The predicted octanol–water partition coefficient (Wildman–Crippen LogP) is 4.97. The second-order valence-electron chi connectivity index (χ2n) is 7.82. The summed E-state index contributed by atoms with van der Waals surface area (Å²) in [6.07, 6.45) is 0. The largest absolute Gasteiger partial charge is 0.323 e. The number of thioether (sulfide) groups is 1.